The van der Waals surface area contributed by atoms with E-state index in [9.17, 15) is 0 Å². The van der Waals surface area contributed by atoms with E-state index < -0.39 is 0 Å². The lowest BCUT2D eigenvalue weighted by atomic mass is 9.97. The SMILES string of the molecule is C=C(NC)Nc1cc2c(c3c1CCC3)CCC2=C. The van der Waals surface area contributed by atoms with Crippen LogP contribution in [-0.4, -0.2) is 7.05 Å². The van der Waals surface area contributed by atoms with Gasteiger partial charge in [0, 0.05) is 12.7 Å². The van der Waals surface area contributed by atoms with E-state index in [0.29, 0.717) is 0 Å². The van der Waals surface area contributed by atoms with Crippen molar-refractivity contribution >= 4 is 11.3 Å². The average molecular weight is 240 g/mol. The zero-order valence-electron chi connectivity index (χ0n) is 11.0. The molecule has 2 aliphatic rings. The predicted octanol–water partition coefficient (Wildman–Crippen LogP) is 3.24. The maximum Gasteiger partial charge on any atom is 0.0954 e. The summed E-state index contributed by atoms with van der Waals surface area (Å²) in [6.45, 7) is 8.16. The van der Waals surface area contributed by atoms with Gasteiger partial charge in [-0.1, -0.05) is 13.2 Å². The number of anilines is 1. The molecule has 0 saturated carbocycles. The van der Waals surface area contributed by atoms with Gasteiger partial charge in [0.15, 0.2) is 0 Å². The summed E-state index contributed by atoms with van der Waals surface area (Å²) in [6.07, 6.45) is 6.00. The second kappa shape index (κ2) is 4.20. The number of hydrogen-bond donors (Lipinski definition) is 2. The van der Waals surface area contributed by atoms with Gasteiger partial charge in [-0.15, -0.1) is 0 Å². The topological polar surface area (TPSA) is 24.1 Å². The van der Waals surface area contributed by atoms with Crippen LogP contribution >= 0.6 is 0 Å². The number of fused-ring (bicyclic) bond motifs is 3. The first kappa shape index (κ1) is 11.4. The molecule has 0 aromatic heterocycles. The van der Waals surface area contributed by atoms with Gasteiger partial charge in [-0.05, 0) is 66.0 Å². The van der Waals surface area contributed by atoms with E-state index in [-0.39, 0.29) is 0 Å². The molecule has 0 radical (unpaired) electrons. The quantitative estimate of drug-likeness (QED) is 0.847. The van der Waals surface area contributed by atoms with Crippen LogP contribution in [0.15, 0.2) is 25.0 Å². The predicted molar refractivity (Wildman–Crippen MR) is 77.6 cm³/mol. The Morgan fingerprint density at radius 3 is 2.67 bits per heavy atom. The van der Waals surface area contributed by atoms with E-state index in [0.717, 1.165) is 12.2 Å². The van der Waals surface area contributed by atoms with Gasteiger partial charge in [-0.3, -0.25) is 0 Å². The van der Waals surface area contributed by atoms with Crippen LogP contribution in [-0.2, 0) is 19.3 Å². The molecular formula is C16H20N2. The van der Waals surface area contributed by atoms with Crippen LogP contribution in [0.25, 0.3) is 5.57 Å². The minimum absolute atomic E-state index is 0.854. The summed E-state index contributed by atoms with van der Waals surface area (Å²) in [6, 6.07) is 2.28. The van der Waals surface area contributed by atoms with Crippen molar-refractivity contribution in [3.63, 3.8) is 0 Å². The van der Waals surface area contributed by atoms with E-state index in [1.165, 1.54) is 48.1 Å². The number of nitrogens with one attached hydrogen (secondary N) is 2. The standard InChI is InChI=1S/C16H20N2/c1-10-7-8-13-12-5-4-6-14(12)16(9-15(10)13)18-11(2)17-3/h9,17-18H,1-2,4-8H2,3H3. The Kier molecular flexibility index (Phi) is 2.66. The van der Waals surface area contributed by atoms with E-state index in [1.807, 2.05) is 7.05 Å². The largest absolute Gasteiger partial charge is 0.375 e. The molecule has 0 unspecified atom stereocenters. The van der Waals surface area contributed by atoms with Crippen LogP contribution in [0, 0.1) is 0 Å². The highest BCUT2D eigenvalue weighted by Crippen LogP contribution is 2.41. The maximum absolute atomic E-state index is 4.20. The normalized spacial score (nSPS) is 16.4. The maximum atomic E-state index is 4.20. The lowest BCUT2D eigenvalue weighted by molar-refractivity contribution is 0.904. The van der Waals surface area contributed by atoms with Crippen LogP contribution in [0.5, 0.6) is 0 Å². The molecule has 94 valence electrons. The van der Waals surface area contributed by atoms with E-state index in [1.54, 1.807) is 11.1 Å². The molecular weight excluding hydrogens is 220 g/mol. The summed E-state index contributed by atoms with van der Waals surface area (Å²) in [4.78, 5) is 0. The molecule has 0 spiro atoms. The Morgan fingerprint density at radius 1 is 1.11 bits per heavy atom. The second-order valence-corrected chi connectivity index (χ2v) is 5.22. The highest BCUT2D eigenvalue weighted by Gasteiger charge is 2.25. The number of benzene rings is 1. The van der Waals surface area contributed by atoms with Gasteiger partial charge in [0.05, 0.1) is 5.82 Å². The fraction of sp³-hybridized carbons (Fsp3) is 0.375. The van der Waals surface area contributed by atoms with Crippen molar-refractivity contribution in [3.8, 4) is 0 Å². The van der Waals surface area contributed by atoms with Gasteiger partial charge in [-0.25, -0.2) is 0 Å². The lowest BCUT2D eigenvalue weighted by Gasteiger charge is -2.16. The van der Waals surface area contributed by atoms with Gasteiger partial charge in [-0.2, -0.15) is 0 Å². The van der Waals surface area contributed by atoms with E-state index in [2.05, 4.69) is 29.9 Å². The number of hydrogen-bond acceptors (Lipinski definition) is 2. The molecule has 0 saturated heterocycles. The molecule has 0 fully saturated rings. The van der Waals surface area contributed by atoms with Crippen LogP contribution in [0.4, 0.5) is 5.69 Å². The van der Waals surface area contributed by atoms with E-state index >= 15 is 0 Å². The van der Waals surface area contributed by atoms with Crippen LogP contribution in [0.2, 0.25) is 0 Å². The molecule has 2 heteroatoms. The molecule has 1 aromatic rings. The molecule has 18 heavy (non-hydrogen) atoms. The Morgan fingerprint density at radius 2 is 1.89 bits per heavy atom. The fourth-order valence-electron chi connectivity index (χ4n) is 3.20. The van der Waals surface area contributed by atoms with Crippen molar-refractivity contribution in [2.75, 3.05) is 12.4 Å². The molecule has 1 aromatic carbocycles. The van der Waals surface area contributed by atoms with Crippen LogP contribution < -0.4 is 10.6 Å². The number of rotatable bonds is 3. The zero-order valence-corrected chi connectivity index (χ0v) is 11.0. The Hall–Kier alpha value is -1.70. The van der Waals surface area contributed by atoms with E-state index in [4.69, 9.17) is 0 Å². The minimum Gasteiger partial charge on any atom is -0.375 e. The highest BCUT2D eigenvalue weighted by molar-refractivity contribution is 5.78. The molecule has 2 N–H and O–H groups in total. The van der Waals surface area contributed by atoms with Gasteiger partial charge in [0.2, 0.25) is 0 Å². The fourth-order valence-corrected chi connectivity index (χ4v) is 3.20. The first-order valence-corrected chi connectivity index (χ1v) is 6.70. The summed E-state index contributed by atoms with van der Waals surface area (Å²) >= 11 is 0. The lowest BCUT2D eigenvalue weighted by Crippen LogP contribution is -2.14. The third-order valence-electron chi connectivity index (χ3n) is 4.17. The average Bonchev–Trinajstić information content (AvgIpc) is 2.97. The molecule has 2 aliphatic carbocycles. The molecule has 3 rings (SSSR count). The summed E-state index contributed by atoms with van der Waals surface area (Å²) < 4.78 is 0. The molecule has 0 bridgehead atoms. The minimum atomic E-state index is 0.854. The van der Waals surface area contributed by atoms with Gasteiger partial charge >= 0.3 is 0 Å². The van der Waals surface area contributed by atoms with Crippen LogP contribution in [0.1, 0.15) is 35.1 Å². The third kappa shape index (κ3) is 1.64. The van der Waals surface area contributed by atoms with Gasteiger partial charge < -0.3 is 10.6 Å². The Bertz CT molecular complexity index is 541. The first-order chi connectivity index (χ1) is 8.70. The van der Waals surface area contributed by atoms with Crippen molar-refractivity contribution in [3.05, 3.63) is 47.3 Å². The molecule has 0 amide bonds. The van der Waals surface area contributed by atoms with Gasteiger partial charge in [0.1, 0.15) is 0 Å². The summed E-state index contributed by atoms with van der Waals surface area (Å²) in [5.41, 5.74) is 8.54. The van der Waals surface area contributed by atoms with Crippen molar-refractivity contribution in [1.29, 1.82) is 0 Å². The van der Waals surface area contributed by atoms with Crippen molar-refractivity contribution in [2.24, 2.45) is 0 Å². The molecule has 0 heterocycles. The molecule has 0 atom stereocenters. The summed E-state index contributed by atoms with van der Waals surface area (Å²) in [7, 11) is 1.89. The van der Waals surface area contributed by atoms with Crippen molar-refractivity contribution in [2.45, 2.75) is 32.1 Å². The second-order valence-electron chi connectivity index (χ2n) is 5.22. The van der Waals surface area contributed by atoms with Crippen LogP contribution in [0.3, 0.4) is 0 Å². The third-order valence-corrected chi connectivity index (χ3v) is 4.17. The molecule has 2 nitrogen and oxygen atoms in total. The first-order valence-electron chi connectivity index (χ1n) is 6.70. The zero-order chi connectivity index (χ0) is 12.7. The Balaban J connectivity index is 2.10. The smallest absolute Gasteiger partial charge is 0.0954 e. The molecule has 0 aliphatic heterocycles. The van der Waals surface area contributed by atoms with Gasteiger partial charge in [0.25, 0.3) is 0 Å². The van der Waals surface area contributed by atoms with Crippen molar-refractivity contribution in [1.82, 2.24) is 5.32 Å². The number of allylic oxidation sites excluding steroid dienone is 1. The summed E-state index contributed by atoms with van der Waals surface area (Å²) in [5, 5.41) is 6.45. The van der Waals surface area contributed by atoms with Crippen molar-refractivity contribution < 1.29 is 0 Å². The monoisotopic (exact) mass is 240 g/mol. The Labute approximate surface area is 109 Å². The highest BCUT2D eigenvalue weighted by atomic mass is 15.1. The summed E-state index contributed by atoms with van der Waals surface area (Å²) in [5.74, 6) is 0.854.